The number of hydrogen-bond donors (Lipinski definition) is 5. The van der Waals surface area contributed by atoms with E-state index in [0.717, 1.165) is 38.5 Å². The maximum Gasteiger partial charge on any atom is 0.220 e. The van der Waals surface area contributed by atoms with Gasteiger partial charge in [-0.2, -0.15) is 0 Å². The highest BCUT2D eigenvalue weighted by molar-refractivity contribution is 7.80. The van der Waals surface area contributed by atoms with E-state index in [0.29, 0.717) is 6.42 Å². The molecule has 59 heavy (non-hydrogen) atoms. The molecule has 0 spiro atoms. The Kier molecular flexibility index (Phi) is 35.4. The van der Waals surface area contributed by atoms with Crippen molar-refractivity contribution in [2.24, 2.45) is 0 Å². The summed E-state index contributed by atoms with van der Waals surface area (Å²) in [5.41, 5.74) is 0. The van der Waals surface area contributed by atoms with Crippen molar-refractivity contribution < 1.29 is 51.8 Å². The molecule has 0 aliphatic carbocycles. The van der Waals surface area contributed by atoms with Crippen molar-refractivity contribution in [1.29, 1.82) is 0 Å². The van der Waals surface area contributed by atoms with Gasteiger partial charge in [0.2, 0.25) is 16.3 Å². The number of carbonyl (C=O) groups excluding carboxylic acids is 1. The minimum atomic E-state index is -5.33. The average Bonchev–Trinajstić information content (AvgIpc) is 3.20. The molecular weight excluding hydrogens is 775 g/mol. The van der Waals surface area contributed by atoms with Crippen LogP contribution < -0.4 is 5.32 Å². The summed E-state index contributed by atoms with van der Waals surface area (Å²) < 4.78 is 49.3. The molecule has 0 unspecified atom stereocenters. The summed E-state index contributed by atoms with van der Waals surface area (Å²) in [4.78, 5) is 13.0. The molecule has 5 N–H and O–H groups in total. The first-order chi connectivity index (χ1) is 28.5. The van der Waals surface area contributed by atoms with Crippen LogP contribution in [0, 0.1) is 0 Å². The zero-order valence-corrected chi connectivity index (χ0v) is 38.1. The Morgan fingerprint density at radius 2 is 1.08 bits per heavy atom. The van der Waals surface area contributed by atoms with E-state index in [2.05, 4.69) is 23.3 Å². The fourth-order valence-electron chi connectivity index (χ4n) is 7.80. The lowest BCUT2D eigenvalue weighted by Gasteiger charge is -2.42. The summed E-state index contributed by atoms with van der Waals surface area (Å²) in [7, 11) is -5.33. The number of unbranched alkanes of at least 4 members (excludes halogenated alkanes) is 29. The minimum absolute atomic E-state index is 0.267. The Hall–Kier alpha value is -1.16. The van der Waals surface area contributed by atoms with Crippen LogP contribution in [-0.4, -0.2) is 95.4 Å². The predicted octanol–water partition coefficient (Wildman–Crippen LogP) is 9.21. The molecule has 1 aliphatic rings. The third-order valence-corrected chi connectivity index (χ3v) is 12.0. The molecule has 0 saturated carbocycles. The van der Waals surface area contributed by atoms with Crippen molar-refractivity contribution in [1.82, 2.24) is 5.32 Å². The number of ether oxygens (including phenoxy) is 2. The van der Waals surface area contributed by atoms with Gasteiger partial charge in [-0.05, 0) is 19.3 Å². The lowest BCUT2D eigenvalue weighted by molar-refractivity contribution is -0.298. The molecule has 12 nitrogen and oxygen atoms in total. The van der Waals surface area contributed by atoms with Crippen molar-refractivity contribution in [3.05, 3.63) is 12.2 Å². The van der Waals surface area contributed by atoms with Gasteiger partial charge in [0.15, 0.2) is 6.29 Å². The first-order valence-electron chi connectivity index (χ1n) is 24.1. The van der Waals surface area contributed by atoms with Gasteiger partial charge in [-0.3, -0.25) is 8.98 Å². The van der Waals surface area contributed by atoms with Crippen molar-refractivity contribution >= 4 is 16.3 Å². The second-order valence-electron chi connectivity index (χ2n) is 17.0. The molecule has 0 aromatic carbocycles. The molecule has 1 aliphatic heterocycles. The van der Waals surface area contributed by atoms with Crippen LogP contribution in [0.15, 0.2) is 12.2 Å². The fourth-order valence-corrected chi connectivity index (χ4v) is 8.30. The van der Waals surface area contributed by atoms with Gasteiger partial charge in [0.05, 0.1) is 25.4 Å². The fraction of sp³-hybridized carbons (Fsp3) is 0.935. The highest BCUT2D eigenvalue weighted by Crippen LogP contribution is 2.26. The number of hydrogen-bond acceptors (Lipinski definition) is 11. The smallest absolute Gasteiger partial charge is 0.220 e. The van der Waals surface area contributed by atoms with E-state index < -0.39 is 59.9 Å². The summed E-state index contributed by atoms with van der Waals surface area (Å²) in [6.07, 6.45) is 32.2. The molecule has 350 valence electrons. The van der Waals surface area contributed by atoms with E-state index >= 15 is 0 Å². The van der Waals surface area contributed by atoms with E-state index in [9.17, 15) is 38.2 Å². The van der Waals surface area contributed by atoms with Crippen LogP contribution in [0.3, 0.4) is 0 Å². The molecule has 1 rings (SSSR count). The van der Waals surface area contributed by atoms with E-state index in [1.165, 1.54) is 154 Å². The van der Waals surface area contributed by atoms with Crippen molar-refractivity contribution in [2.45, 2.75) is 262 Å². The molecule has 1 fully saturated rings. The van der Waals surface area contributed by atoms with Crippen molar-refractivity contribution in [2.75, 3.05) is 13.2 Å². The largest absolute Gasteiger partial charge is 0.726 e. The van der Waals surface area contributed by atoms with E-state index in [1.54, 1.807) is 6.08 Å². The van der Waals surface area contributed by atoms with Crippen LogP contribution >= 0.6 is 0 Å². The van der Waals surface area contributed by atoms with Crippen LogP contribution in [0.1, 0.15) is 219 Å². The quantitative estimate of drug-likeness (QED) is 0.0170. The Morgan fingerprint density at radius 3 is 1.49 bits per heavy atom. The van der Waals surface area contributed by atoms with E-state index in [1.807, 2.05) is 6.08 Å². The van der Waals surface area contributed by atoms with Gasteiger partial charge in [-0.1, -0.05) is 206 Å². The first kappa shape index (κ1) is 55.9. The second-order valence-corrected chi connectivity index (χ2v) is 18.0. The standard InChI is InChI=1S/C46H89NO11S/c1-3-5-7-9-11-13-15-17-18-19-20-21-22-24-26-28-30-32-34-36-42(50)47-39(40(49)35-33-31-29-27-25-23-16-14-12-10-8-6-4-2)38-56-46-44(52)45(58-59(53,54)55)43(51)41(37-48)57-46/h33,35,39-41,43-46,48-49,51-52H,3-32,34,36-38H2,1-2H3,(H,47,50)(H,53,54,55)/p-1/b35-33+/t39-,40+,41+,43-,44+,45-,46+/m0/s1. The van der Waals surface area contributed by atoms with Gasteiger partial charge >= 0.3 is 0 Å². The van der Waals surface area contributed by atoms with Gasteiger partial charge in [-0.25, -0.2) is 8.42 Å². The zero-order chi connectivity index (χ0) is 43.4. The van der Waals surface area contributed by atoms with Crippen LogP contribution in [0.2, 0.25) is 0 Å². The van der Waals surface area contributed by atoms with Crippen LogP contribution in [-0.2, 0) is 28.9 Å². The summed E-state index contributed by atoms with van der Waals surface area (Å²) in [5, 5.41) is 44.6. The lowest BCUT2D eigenvalue weighted by atomic mass is 9.99. The Morgan fingerprint density at radius 1 is 0.678 bits per heavy atom. The molecule has 13 heteroatoms. The van der Waals surface area contributed by atoms with Gasteiger partial charge in [0, 0.05) is 6.42 Å². The number of carbonyl (C=O) groups is 1. The predicted molar refractivity (Wildman–Crippen MR) is 234 cm³/mol. The number of nitrogens with one attached hydrogen (secondary N) is 1. The van der Waals surface area contributed by atoms with Crippen LogP contribution in [0.4, 0.5) is 0 Å². The van der Waals surface area contributed by atoms with Gasteiger partial charge in [0.25, 0.3) is 0 Å². The normalized spacial score (nSPS) is 21.0. The second kappa shape index (κ2) is 37.4. The number of amides is 1. The molecule has 1 amide bonds. The van der Waals surface area contributed by atoms with Gasteiger partial charge in [0.1, 0.15) is 24.4 Å². The summed E-state index contributed by atoms with van der Waals surface area (Å²) in [6.45, 7) is 3.36. The molecule has 7 atom stereocenters. The number of aliphatic hydroxyl groups excluding tert-OH is 4. The molecular formula is C46H88NO11S-. The number of aliphatic hydroxyl groups is 4. The molecule has 1 heterocycles. The lowest BCUT2D eigenvalue weighted by Crippen LogP contribution is -2.61. The minimum Gasteiger partial charge on any atom is -0.726 e. The average molecular weight is 863 g/mol. The van der Waals surface area contributed by atoms with E-state index in [4.69, 9.17) is 9.47 Å². The zero-order valence-electron chi connectivity index (χ0n) is 37.3. The Bertz CT molecular complexity index is 1110. The van der Waals surface area contributed by atoms with Crippen molar-refractivity contribution in [3.8, 4) is 0 Å². The highest BCUT2D eigenvalue weighted by Gasteiger charge is 2.47. The Balaban J connectivity index is 2.47. The molecule has 0 aromatic heterocycles. The van der Waals surface area contributed by atoms with Crippen LogP contribution in [0.25, 0.3) is 0 Å². The molecule has 0 radical (unpaired) electrons. The first-order valence-corrected chi connectivity index (χ1v) is 25.4. The molecule has 0 aromatic rings. The van der Waals surface area contributed by atoms with Gasteiger partial charge in [-0.15, -0.1) is 0 Å². The monoisotopic (exact) mass is 863 g/mol. The summed E-state index contributed by atoms with van der Waals surface area (Å²) in [5.74, 6) is -0.268. The third-order valence-electron chi connectivity index (χ3n) is 11.6. The Labute approximate surface area is 360 Å². The SMILES string of the molecule is CCCCCCCCCCCCC/C=C/[C@@H](O)[C@H](CO[C@@H]1O[C@H](CO)[C@H](O)[C@H](OS(=O)(=O)[O-])[C@H]1O)NC(=O)CCCCCCCCCCCCCCCCCCCCC. The highest BCUT2D eigenvalue weighted by atomic mass is 32.3. The third kappa shape index (κ3) is 30.5. The molecule has 0 bridgehead atoms. The van der Waals surface area contributed by atoms with Crippen molar-refractivity contribution in [3.63, 3.8) is 0 Å². The molecule has 1 saturated heterocycles. The number of allylic oxidation sites excluding steroid dienone is 1. The number of rotatable bonds is 41. The van der Waals surface area contributed by atoms with Crippen LogP contribution in [0.5, 0.6) is 0 Å². The van der Waals surface area contributed by atoms with E-state index in [-0.39, 0.29) is 18.9 Å². The van der Waals surface area contributed by atoms with Gasteiger partial charge < -0.3 is 39.8 Å². The summed E-state index contributed by atoms with van der Waals surface area (Å²) in [6, 6.07) is -0.950. The maximum atomic E-state index is 13.0. The topological polar surface area (TPSA) is 195 Å². The maximum absolute atomic E-state index is 13.0. The summed E-state index contributed by atoms with van der Waals surface area (Å²) >= 11 is 0.